The van der Waals surface area contributed by atoms with Crippen molar-refractivity contribution in [1.82, 2.24) is 9.97 Å². The van der Waals surface area contributed by atoms with Gasteiger partial charge in [0.05, 0.1) is 17.1 Å². The molecule has 0 amide bonds. The van der Waals surface area contributed by atoms with Crippen molar-refractivity contribution >= 4 is 23.1 Å². The van der Waals surface area contributed by atoms with Gasteiger partial charge >= 0.3 is 5.69 Å². The normalized spacial score (nSPS) is 11.4. The molecular weight excluding hydrogens is 272 g/mol. The number of nitro groups is 1. The molecule has 0 fully saturated rings. The second kappa shape index (κ2) is 6.12. The Morgan fingerprint density at radius 2 is 2.00 bits per heavy atom. The molecule has 0 aliphatic heterocycles. The number of nitrogens with zero attached hydrogens (tertiary/aromatic N) is 3. The summed E-state index contributed by atoms with van der Waals surface area (Å²) in [7, 11) is 0. The molecule has 1 aromatic heterocycles. The van der Waals surface area contributed by atoms with Crippen molar-refractivity contribution < 1.29 is 10.0 Å². The summed E-state index contributed by atoms with van der Waals surface area (Å²) in [6.07, 6.45) is 1.19. The first-order valence-electron chi connectivity index (χ1n) is 5.96. The first-order valence-corrected chi connectivity index (χ1v) is 6.34. The Morgan fingerprint density at radius 1 is 1.42 bits per heavy atom. The molecule has 7 nitrogen and oxygen atoms in total. The summed E-state index contributed by atoms with van der Waals surface area (Å²) >= 11 is 5.74. The van der Waals surface area contributed by atoms with E-state index in [9.17, 15) is 15.2 Å². The van der Waals surface area contributed by atoms with Crippen molar-refractivity contribution in [2.24, 2.45) is 0 Å². The van der Waals surface area contributed by atoms with E-state index in [4.69, 9.17) is 11.6 Å². The maximum absolute atomic E-state index is 11.1. The highest BCUT2D eigenvalue weighted by molar-refractivity contribution is 6.28. The molecule has 0 bridgehead atoms. The lowest BCUT2D eigenvalue weighted by molar-refractivity contribution is -0.385. The van der Waals surface area contributed by atoms with Gasteiger partial charge in [-0.15, -0.1) is 0 Å². The Hall–Kier alpha value is -1.47. The lowest BCUT2D eigenvalue weighted by Crippen LogP contribution is -2.41. The minimum Gasteiger partial charge on any atom is -0.394 e. The summed E-state index contributed by atoms with van der Waals surface area (Å²) in [6.45, 7) is 5.11. The molecule has 8 heteroatoms. The quantitative estimate of drug-likeness (QED) is 0.473. The fourth-order valence-electron chi connectivity index (χ4n) is 1.78. The molecule has 0 spiro atoms. The number of hydrogen-bond acceptors (Lipinski definition) is 6. The Labute approximate surface area is 116 Å². The number of aromatic nitrogens is 2. The number of nitrogens with one attached hydrogen (secondary N) is 1. The van der Waals surface area contributed by atoms with E-state index < -0.39 is 10.5 Å². The third-order valence-corrected chi connectivity index (χ3v) is 3.42. The molecule has 0 atom stereocenters. The van der Waals surface area contributed by atoms with Crippen LogP contribution in [0.3, 0.4) is 0 Å². The van der Waals surface area contributed by atoms with Gasteiger partial charge in [0.25, 0.3) is 0 Å². The second-order valence-corrected chi connectivity index (χ2v) is 4.64. The number of aliphatic hydroxyl groups excluding tert-OH is 1. The highest BCUT2D eigenvalue weighted by atomic mass is 35.5. The number of rotatable bonds is 6. The topological polar surface area (TPSA) is 101 Å². The molecule has 0 aliphatic rings. The monoisotopic (exact) mass is 288 g/mol. The molecule has 0 aliphatic carbocycles. The molecule has 0 aromatic carbocycles. The fraction of sp³-hybridized carbons (Fsp3) is 0.636. The van der Waals surface area contributed by atoms with Crippen molar-refractivity contribution in [2.75, 3.05) is 11.9 Å². The predicted molar refractivity (Wildman–Crippen MR) is 72.5 cm³/mol. The van der Waals surface area contributed by atoms with E-state index >= 15 is 0 Å². The molecule has 0 radical (unpaired) electrons. The Bertz CT molecular complexity index is 469. The van der Waals surface area contributed by atoms with Gasteiger partial charge in [0.1, 0.15) is 5.69 Å². The van der Waals surface area contributed by atoms with Crippen LogP contribution in [-0.2, 0) is 0 Å². The van der Waals surface area contributed by atoms with Crippen LogP contribution >= 0.6 is 11.6 Å². The number of hydrogen-bond donors (Lipinski definition) is 2. The van der Waals surface area contributed by atoms with Gasteiger partial charge in [-0.05, 0) is 31.4 Å². The van der Waals surface area contributed by atoms with Crippen LogP contribution in [0.25, 0.3) is 0 Å². The van der Waals surface area contributed by atoms with Crippen molar-refractivity contribution in [3.8, 4) is 0 Å². The van der Waals surface area contributed by atoms with Gasteiger partial charge in [-0.1, -0.05) is 13.8 Å². The zero-order valence-corrected chi connectivity index (χ0v) is 11.9. The molecule has 1 rings (SSSR count). The first kappa shape index (κ1) is 15.6. The van der Waals surface area contributed by atoms with Crippen LogP contribution in [0.5, 0.6) is 0 Å². The standard InChI is InChI=1S/C11H17ClN4O3/c1-4-11(5-2,6-17)15-9-8(16(18)19)7(3)13-10(12)14-9/h17H,4-6H2,1-3H3,(H,13,14,15). The third-order valence-electron chi connectivity index (χ3n) is 3.25. The molecule has 106 valence electrons. The summed E-state index contributed by atoms with van der Waals surface area (Å²) in [4.78, 5) is 18.2. The van der Waals surface area contributed by atoms with Crippen LogP contribution in [0.2, 0.25) is 5.28 Å². The van der Waals surface area contributed by atoms with Gasteiger partial charge in [-0.3, -0.25) is 10.1 Å². The Kier molecular flexibility index (Phi) is 5.02. The number of aliphatic hydroxyl groups is 1. The van der Waals surface area contributed by atoms with E-state index in [1.54, 1.807) is 0 Å². The fourth-order valence-corrected chi connectivity index (χ4v) is 1.99. The van der Waals surface area contributed by atoms with Crippen LogP contribution in [0, 0.1) is 17.0 Å². The average Bonchev–Trinajstić information content (AvgIpc) is 2.34. The van der Waals surface area contributed by atoms with E-state index in [0.717, 1.165) is 0 Å². The van der Waals surface area contributed by atoms with Crippen molar-refractivity contribution in [2.45, 2.75) is 39.2 Å². The third kappa shape index (κ3) is 3.30. The van der Waals surface area contributed by atoms with Crippen molar-refractivity contribution in [3.63, 3.8) is 0 Å². The summed E-state index contributed by atoms with van der Waals surface area (Å²) < 4.78 is 0. The summed E-state index contributed by atoms with van der Waals surface area (Å²) in [5, 5.41) is 23.5. The average molecular weight is 289 g/mol. The van der Waals surface area contributed by atoms with Gasteiger partial charge in [-0.25, -0.2) is 4.98 Å². The largest absolute Gasteiger partial charge is 0.394 e. The Morgan fingerprint density at radius 3 is 2.42 bits per heavy atom. The lowest BCUT2D eigenvalue weighted by atomic mass is 9.94. The Balaban J connectivity index is 3.30. The van der Waals surface area contributed by atoms with E-state index in [1.807, 2.05) is 13.8 Å². The van der Waals surface area contributed by atoms with Crippen LogP contribution < -0.4 is 5.32 Å². The number of anilines is 1. The van der Waals surface area contributed by atoms with Crippen molar-refractivity contribution in [1.29, 1.82) is 0 Å². The molecule has 0 unspecified atom stereocenters. The van der Waals surface area contributed by atoms with Gasteiger partial charge in [-0.2, -0.15) is 4.98 Å². The van der Waals surface area contributed by atoms with Crippen LogP contribution in [0.15, 0.2) is 0 Å². The van der Waals surface area contributed by atoms with Crippen LogP contribution in [0.1, 0.15) is 32.4 Å². The van der Waals surface area contributed by atoms with Gasteiger partial charge in [0, 0.05) is 0 Å². The number of aryl methyl sites for hydroxylation is 1. The summed E-state index contributed by atoms with van der Waals surface area (Å²) in [5.74, 6) is 0.0419. The summed E-state index contributed by atoms with van der Waals surface area (Å²) in [6, 6.07) is 0. The van der Waals surface area contributed by atoms with Gasteiger partial charge in [0.2, 0.25) is 11.1 Å². The second-order valence-electron chi connectivity index (χ2n) is 4.30. The van der Waals surface area contributed by atoms with Crippen molar-refractivity contribution in [3.05, 3.63) is 21.1 Å². The maximum atomic E-state index is 11.1. The van der Waals surface area contributed by atoms with Gasteiger partial charge in [0.15, 0.2) is 0 Å². The highest BCUT2D eigenvalue weighted by Gasteiger charge is 2.30. The minimum atomic E-state index is -0.658. The first-order chi connectivity index (χ1) is 8.89. The maximum Gasteiger partial charge on any atom is 0.332 e. The zero-order chi connectivity index (χ0) is 14.6. The predicted octanol–water partition coefficient (Wildman–Crippen LogP) is 2.31. The number of halogens is 1. The van der Waals surface area contributed by atoms with E-state index in [-0.39, 0.29) is 29.1 Å². The zero-order valence-electron chi connectivity index (χ0n) is 11.1. The minimum absolute atomic E-state index is 0.0419. The smallest absolute Gasteiger partial charge is 0.332 e. The molecule has 19 heavy (non-hydrogen) atoms. The molecular formula is C11H17ClN4O3. The molecule has 0 saturated carbocycles. The molecule has 2 N–H and O–H groups in total. The van der Waals surface area contributed by atoms with E-state index in [2.05, 4.69) is 15.3 Å². The van der Waals surface area contributed by atoms with E-state index in [1.165, 1.54) is 6.92 Å². The molecule has 1 aromatic rings. The van der Waals surface area contributed by atoms with Crippen LogP contribution in [-0.4, -0.2) is 32.1 Å². The molecule has 0 saturated heterocycles. The van der Waals surface area contributed by atoms with Crippen LogP contribution in [0.4, 0.5) is 11.5 Å². The van der Waals surface area contributed by atoms with Gasteiger partial charge < -0.3 is 10.4 Å². The highest BCUT2D eigenvalue weighted by Crippen LogP contribution is 2.30. The molecule has 1 heterocycles. The summed E-state index contributed by atoms with van der Waals surface area (Å²) in [5.41, 5.74) is -0.690. The van der Waals surface area contributed by atoms with E-state index in [0.29, 0.717) is 12.8 Å². The SMILES string of the molecule is CCC(CC)(CO)Nc1nc(Cl)nc(C)c1[N+](=O)[O-]. The lowest BCUT2D eigenvalue weighted by Gasteiger charge is -2.31.